The molecule has 1 heterocycles. The van der Waals surface area contributed by atoms with Crippen molar-refractivity contribution in [1.82, 2.24) is 4.90 Å². The molecule has 0 radical (unpaired) electrons. The molecule has 0 aromatic heterocycles. The van der Waals surface area contributed by atoms with Gasteiger partial charge in [-0.25, -0.2) is 4.79 Å². The van der Waals surface area contributed by atoms with Crippen LogP contribution in [-0.4, -0.2) is 46.7 Å². The molecule has 0 aromatic carbocycles. The molecule has 0 aliphatic carbocycles. The van der Waals surface area contributed by atoms with Gasteiger partial charge in [0.25, 0.3) is 0 Å². The molecule has 2 atom stereocenters. The Labute approximate surface area is 108 Å². The number of nitrogens with zero attached hydrogens (tertiary/aromatic N) is 1. The highest BCUT2D eigenvalue weighted by molar-refractivity contribution is 5.86. The van der Waals surface area contributed by atoms with Crippen LogP contribution in [0.5, 0.6) is 0 Å². The molecule has 0 saturated carbocycles. The van der Waals surface area contributed by atoms with Crippen LogP contribution in [0.25, 0.3) is 0 Å². The predicted octanol–water partition coefficient (Wildman–Crippen LogP) is 1.66. The van der Waals surface area contributed by atoms with Crippen LogP contribution in [0.4, 0.5) is 0 Å². The third-order valence-corrected chi connectivity index (χ3v) is 3.74. The molecule has 5 heteroatoms. The van der Waals surface area contributed by atoms with Gasteiger partial charge < -0.3 is 14.7 Å². The zero-order valence-corrected chi connectivity index (χ0v) is 11.6. The van der Waals surface area contributed by atoms with E-state index < -0.39 is 11.5 Å². The molecule has 104 valence electrons. The van der Waals surface area contributed by atoms with Gasteiger partial charge in [0.05, 0.1) is 12.2 Å². The molecular formula is C13H23NO4. The van der Waals surface area contributed by atoms with Crippen molar-refractivity contribution in [2.24, 2.45) is 0 Å². The van der Waals surface area contributed by atoms with E-state index >= 15 is 0 Å². The number of ether oxygens (including phenoxy) is 1. The van der Waals surface area contributed by atoms with E-state index in [1.54, 1.807) is 0 Å². The molecule has 0 bridgehead atoms. The summed E-state index contributed by atoms with van der Waals surface area (Å²) in [7, 11) is 1.54. The third-order valence-electron chi connectivity index (χ3n) is 3.74. The number of rotatable bonds is 5. The lowest BCUT2D eigenvalue weighted by Gasteiger charge is -2.31. The maximum absolute atomic E-state index is 11.9. The molecule has 1 rings (SSSR count). The van der Waals surface area contributed by atoms with Gasteiger partial charge in [0, 0.05) is 13.5 Å². The Morgan fingerprint density at radius 1 is 1.39 bits per heavy atom. The fraction of sp³-hybridized carbons (Fsp3) is 0.846. The standard InChI is InChI=1S/C13H23NO4/c1-9-5-6-10(18-9)7-8-11(15)14(4)13(2,3)12(16)17/h9-10H,5-8H2,1-4H3,(H,16,17). The monoisotopic (exact) mass is 257 g/mol. The van der Waals surface area contributed by atoms with Gasteiger partial charge in [-0.1, -0.05) is 0 Å². The number of likely N-dealkylation sites (N-methyl/N-ethyl adjacent to an activating group) is 1. The molecule has 0 aromatic rings. The Morgan fingerprint density at radius 3 is 2.44 bits per heavy atom. The van der Waals surface area contributed by atoms with Crippen molar-refractivity contribution in [2.45, 2.75) is 64.2 Å². The molecule has 1 saturated heterocycles. The Kier molecular flexibility index (Phi) is 4.73. The van der Waals surface area contributed by atoms with Gasteiger partial charge in [-0.05, 0) is 40.0 Å². The van der Waals surface area contributed by atoms with Crippen LogP contribution in [-0.2, 0) is 14.3 Å². The Morgan fingerprint density at radius 2 is 2.00 bits per heavy atom. The second-order valence-corrected chi connectivity index (χ2v) is 5.50. The number of hydrogen-bond donors (Lipinski definition) is 1. The van der Waals surface area contributed by atoms with E-state index in [1.165, 1.54) is 25.8 Å². The molecule has 0 spiro atoms. The molecule has 1 aliphatic heterocycles. The summed E-state index contributed by atoms with van der Waals surface area (Å²) in [5.41, 5.74) is -1.17. The first-order valence-electron chi connectivity index (χ1n) is 6.40. The zero-order chi connectivity index (χ0) is 13.9. The van der Waals surface area contributed by atoms with Gasteiger partial charge in [-0.2, -0.15) is 0 Å². The van der Waals surface area contributed by atoms with E-state index in [0.29, 0.717) is 12.8 Å². The lowest BCUT2D eigenvalue weighted by molar-refractivity contribution is -0.155. The second kappa shape index (κ2) is 5.69. The van der Waals surface area contributed by atoms with Crippen molar-refractivity contribution in [2.75, 3.05) is 7.05 Å². The molecule has 18 heavy (non-hydrogen) atoms. The van der Waals surface area contributed by atoms with E-state index in [9.17, 15) is 9.59 Å². The number of amides is 1. The SMILES string of the molecule is CC1CCC(CCC(=O)N(C)C(C)(C)C(=O)O)O1. The maximum Gasteiger partial charge on any atom is 0.329 e. The van der Waals surface area contributed by atoms with Crippen LogP contribution in [0.15, 0.2) is 0 Å². The molecular weight excluding hydrogens is 234 g/mol. The number of carbonyl (C=O) groups excluding carboxylic acids is 1. The largest absolute Gasteiger partial charge is 0.480 e. The van der Waals surface area contributed by atoms with Crippen LogP contribution in [0.2, 0.25) is 0 Å². The topological polar surface area (TPSA) is 66.8 Å². The summed E-state index contributed by atoms with van der Waals surface area (Å²) in [6.07, 6.45) is 3.45. The van der Waals surface area contributed by atoms with Crippen LogP contribution in [0.3, 0.4) is 0 Å². The van der Waals surface area contributed by atoms with Crippen molar-refractivity contribution in [3.8, 4) is 0 Å². The molecule has 2 unspecified atom stereocenters. The predicted molar refractivity (Wildman–Crippen MR) is 67.3 cm³/mol. The van der Waals surface area contributed by atoms with Crippen molar-refractivity contribution in [3.05, 3.63) is 0 Å². The van der Waals surface area contributed by atoms with Crippen molar-refractivity contribution in [3.63, 3.8) is 0 Å². The van der Waals surface area contributed by atoms with Crippen LogP contribution >= 0.6 is 0 Å². The van der Waals surface area contributed by atoms with E-state index in [4.69, 9.17) is 9.84 Å². The minimum Gasteiger partial charge on any atom is -0.480 e. The van der Waals surface area contributed by atoms with E-state index in [-0.39, 0.29) is 18.1 Å². The average Bonchev–Trinajstić information content (AvgIpc) is 2.70. The normalized spacial score (nSPS) is 24.0. The Bertz CT molecular complexity index is 327. The fourth-order valence-electron chi connectivity index (χ4n) is 2.00. The number of hydrogen-bond acceptors (Lipinski definition) is 3. The highest BCUT2D eigenvalue weighted by Gasteiger charge is 2.35. The van der Waals surface area contributed by atoms with Crippen LogP contribution < -0.4 is 0 Å². The molecule has 1 fully saturated rings. The smallest absolute Gasteiger partial charge is 0.329 e. The van der Waals surface area contributed by atoms with Gasteiger partial charge in [0.1, 0.15) is 5.54 Å². The summed E-state index contributed by atoms with van der Waals surface area (Å²) in [4.78, 5) is 24.3. The first-order chi connectivity index (χ1) is 8.25. The van der Waals surface area contributed by atoms with Crippen molar-refractivity contribution < 1.29 is 19.4 Å². The number of carboxylic acids is 1. The first-order valence-corrected chi connectivity index (χ1v) is 6.40. The summed E-state index contributed by atoms with van der Waals surface area (Å²) in [6, 6.07) is 0. The highest BCUT2D eigenvalue weighted by Crippen LogP contribution is 2.23. The minimum atomic E-state index is -1.17. The van der Waals surface area contributed by atoms with Gasteiger partial charge in [0.2, 0.25) is 5.91 Å². The summed E-state index contributed by atoms with van der Waals surface area (Å²) in [6.45, 7) is 5.09. The first kappa shape index (κ1) is 15.0. The van der Waals surface area contributed by atoms with Crippen LogP contribution in [0.1, 0.15) is 46.5 Å². The second-order valence-electron chi connectivity index (χ2n) is 5.50. The molecule has 1 aliphatic rings. The van der Waals surface area contributed by atoms with Crippen molar-refractivity contribution >= 4 is 11.9 Å². The summed E-state index contributed by atoms with van der Waals surface area (Å²) in [5, 5.41) is 9.06. The van der Waals surface area contributed by atoms with Crippen LogP contribution in [0, 0.1) is 0 Å². The third kappa shape index (κ3) is 3.45. The summed E-state index contributed by atoms with van der Waals surface area (Å²) >= 11 is 0. The molecule has 5 nitrogen and oxygen atoms in total. The van der Waals surface area contributed by atoms with Gasteiger partial charge >= 0.3 is 5.97 Å². The zero-order valence-electron chi connectivity index (χ0n) is 11.6. The Hall–Kier alpha value is -1.10. The van der Waals surface area contributed by atoms with Gasteiger partial charge in [0.15, 0.2) is 0 Å². The Balaban J connectivity index is 2.43. The van der Waals surface area contributed by atoms with E-state index in [2.05, 4.69) is 0 Å². The van der Waals surface area contributed by atoms with Gasteiger partial charge in [-0.15, -0.1) is 0 Å². The van der Waals surface area contributed by atoms with E-state index in [1.807, 2.05) is 6.92 Å². The van der Waals surface area contributed by atoms with Crippen molar-refractivity contribution in [1.29, 1.82) is 0 Å². The molecule has 1 N–H and O–H groups in total. The quantitative estimate of drug-likeness (QED) is 0.813. The average molecular weight is 257 g/mol. The number of carboxylic acid groups (broad SMARTS) is 1. The fourth-order valence-corrected chi connectivity index (χ4v) is 2.00. The summed E-state index contributed by atoms with van der Waals surface area (Å²) in [5.74, 6) is -1.14. The summed E-state index contributed by atoms with van der Waals surface area (Å²) < 4.78 is 5.64. The highest BCUT2D eigenvalue weighted by atomic mass is 16.5. The minimum absolute atomic E-state index is 0.144. The van der Waals surface area contributed by atoms with E-state index in [0.717, 1.165) is 12.8 Å². The lowest BCUT2D eigenvalue weighted by atomic mass is 10.0. The van der Waals surface area contributed by atoms with Gasteiger partial charge in [-0.3, -0.25) is 4.79 Å². The number of carbonyl (C=O) groups is 2. The molecule has 1 amide bonds. The number of aliphatic carboxylic acids is 1. The maximum atomic E-state index is 11.9. The lowest BCUT2D eigenvalue weighted by Crippen LogP contribution is -2.50.